The van der Waals surface area contributed by atoms with Crippen LogP contribution in [0.25, 0.3) is 11.0 Å². The normalized spacial score (nSPS) is 10.8. The van der Waals surface area contributed by atoms with E-state index in [-0.39, 0.29) is 11.7 Å². The van der Waals surface area contributed by atoms with Crippen molar-refractivity contribution in [2.24, 2.45) is 0 Å². The summed E-state index contributed by atoms with van der Waals surface area (Å²) in [5.74, 6) is 0.358. The molecule has 2 aromatic carbocycles. The molecule has 0 radical (unpaired) electrons. The largest absolute Gasteiger partial charge is 0.350 e. The first kappa shape index (κ1) is 14.3. The highest BCUT2D eigenvalue weighted by Gasteiger charge is 2.08. The van der Waals surface area contributed by atoms with Gasteiger partial charge in [-0.15, -0.1) is 0 Å². The van der Waals surface area contributed by atoms with Gasteiger partial charge in [-0.05, 0) is 43.3 Å². The summed E-state index contributed by atoms with van der Waals surface area (Å²) in [6.45, 7) is 3.07. The molecular formula is C17H16FN3O. The molecule has 1 aromatic heterocycles. The average molecular weight is 297 g/mol. The standard InChI is InChI=1S/C17H16FN3O/c1-12-20-15-4-2-3-5-16(15)21(12)11-10-19-17(22)13-6-8-14(18)9-7-13/h2-9H,10-11H2,1H3,(H,19,22). The second-order valence-corrected chi connectivity index (χ2v) is 5.06. The molecule has 0 saturated carbocycles. The van der Waals surface area contributed by atoms with E-state index in [0.717, 1.165) is 16.9 Å². The lowest BCUT2D eigenvalue weighted by Crippen LogP contribution is -2.27. The minimum Gasteiger partial charge on any atom is -0.350 e. The number of halogens is 1. The molecule has 0 fully saturated rings. The highest BCUT2D eigenvalue weighted by atomic mass is 19.1. The molecule has 1 N–H and O–H groups in total. The Morgan fingerprint density at radius 1 is 1.18 bits per heavy atom. The fourth-order valence-corrected chi connectivity index (χ4v) is 2.46. The smallest absolute Gasteiger partial charge is 0.251 e. The molecule has 0 aliphatic carbocycles. The zero-order valence-electron chi connectivity index (χ0n) is 12.2. The van der Waals surface area contributed by atoms with Gasteiger partial charge in [-0.1, -0.05) is 12.1 Å². The first-order chi connectivity index (χ1) is 10.6. The molecule has 0 aliphatic heterocycles. The summed E-state index contributed by atoms with van der Waals surface area (Å²) < 4.78 is 14.9. The Kier molecular flexibility index (Phi) is 3.87. The molecule has 0 atom stereocenters. The summed E-state index contributed by atoms with van der Waals surface area (Å²) in [6.07, 6.45) is 0. The summed E-state index contributed by atoms with van der Waals surface area (Å²) in [7, 11) is 0. The van der Waals surface area contributed by atoms with Gasteiger partial charge in [-0.2, -0.15) is 0 Å². The SMILES string of the molecule is Cc1nc2ccccc2n1CCNC(=O)c1ccc(F)cc1. The van der Waals surface area contributed by atoms with Crippen LogP contribution in [0.3, 0.4) is 0 Å². The van der Waals surface area contributed by atoms with E-state index in [0.29, 0.717) is 18.7 Å². The molecule has 5 heteroatoms. The van der Waals surface area contributed by atoms with Gasteiger partial charge in [0.15, 0.2) is 0 Å². The molecule has 3 rings (SSSR count). The van der Waals surface area contributed by atoms with Gasteiger partial charge in [0.2, 0.25) is 0 Å². The van der Waals surface area contributed by atoms with E-state index in [1.807, 2.05) is 31.2 Å². The number of rotatable bonds is 4. The van der Waals surface area contributed by atoms with Gasteiger partial charge in [0.05, 0.1) is 11.0 Å². The number of aryl methyl sites for hydroxylation is 1. The van der Waals surface area contributed by atoms with Crippen LogP contribution in [0.2, 0.25) is 0 Å². The van der Waals surface area contributed by atoms with E-state index in [9.17, 15) is 9.18 Å². The molecule has 22 heavy (non-hydrogen) atoms. The van der Waals surface area contributed by atoms with E-state index in [1.165, 1.54) is 24.3 Å². The monoisotopic (exact) mass is 297 g/mol. The number of carbonyl (C=O) groups is 1. The van der Waals surface area contributed by atoms with Crippen molar-refractivity contribution in [2.45, 2.75) is 13.5 Å². The Morgan fingerprint density at radius 2 is 1.91 bits per heavy atom. The molecule has 0 spiro atoms. The second-order valence-electron chi connectivity index (χ2n) is 5.06. The minimum atomic E-state index is -0.350. The average Bonchev–Trinajstić information content (AvgIpc) is 2.84. The summed E-state index contributed by atoms with van der Waals surface area (Å²) in [6, 6.07) is 13.4. The Labute approximate surface area is 127 Å². The summed E-state index contributed by atoms with van der Waals surface area (Å²) in [5.41, 5.74) is 2.45. The highest BCUT2D eigenvalue weighted by Crippen LogP contribution is 2.14. The van der Waals surface area contributed by atoms with Crippen LogP contribution >= 0.6 is 0 Å². The van der Waals surface area contributed by atoms with Crippen molar-refractivity contribution in [2.75, 3.05) is 6.54 Å². The number of aromatic nitrogens is 2. The fourth-order valence-electron chi connectivity index (χ4n) is 2.46. The Hall–Kier alpha value is -2.69. The summed E-state index contributed by atoms with van der Waals surface area (Å²) in [5, 5.41) is 2.84. The third-order valence-corrected chi connectivity index (χ3v) is 3.57. The van der Waals surface area contributed by atoms with E-state index < -0.39 is 0 Å². The minimum absolute atomic E-state index is 0.206. The maximum Gasteiger partial charge on any atom is 0.251 e. The molecule has 1 amide bonds. The number of hydrogen-bond acceptors (Lipinski definition) is 2. The molecule has 0 unspecified atom stereocenters. The maximum absolute atomic E-state index is 12.8. The van der Waals surface area contributed by atoms with Gasteiger partial charge in [0.1, 0.15) is 11.6 Å². The Balaban J connectivity index is 1.66. The predicted molar refractivity (Wildman–Crippen MR) is 83.2 cm³/mol. The van der Waals surface area contributed by atoms with Crippen LogP contribution in [-0.4, -0.2) is 22.0 Å². The van der Waals surface area contributed by atoms with Crippen LogP contribution in [0.4, 0.5) is 4.39 Å². The van der Waals surface area contributed by atoms with Crippen LogP contribution in [0.1, 0.15) is 16.2 Å². The molecular weight excluding hydrogens is 281 g/mol. The van der Waals surface area contributed by atoms with Crippen molar-refractivity contribution in [3.8, 4) is 0 Å². The van der Waals surface area contributed by atoms with Gasteiger partial charge < -0.3 is 9.88 Å². The third-order valence-electron chi connectivity index (χ3n) is 3.57. The van der Waals surface area contributed by atoms with Gasteiger partial charge in [-0.25, -0.2) is 9.37 Å². The topological polar surface area (TPSA) is 46.9 Å². The molecule has 1 heterocycles. The van der Waals surface area contributed by atoms with E-state index in [2.05, 4.69) is 14.9 Å². The lowest BCUT2D eigenvalue weighted by atomic mass is 10.2. The van der Waals surface area contributed by atoms with E-state index in [4.69, 9.17) is 0 Å². The number of imidazole rings is 1. The first-order valence-corrected chi connectivity index (χ1v) is 7.11. The van der Waals surface area contributed by atoms with Crippen molar-refractivity contribution in [1.29, 1.82) is 0 Å². The summed E-state index contributed by atoms with van der Waals surface area (Å²) in [4.78, 5) is 16.5. The molecule has 3 aromatic rings. The highest BCUT2D eigenvalue weighted by molar-refractivity contribution is 5.94. The van der Waals surface area contributed by atoms with Crippen LogP contribution in [0.15, 0.2) is 48.5 Å². The van der Waals surface area contributed by atoms with E-state index >= 15 is 0 Å². The molecule has 0 bridgehead atoms. The number of fused-ring (bicyclic) bond motifs is 1. The molecule has 4 nitrogen and oxygen atoms in total. The number of nitrogens with zero attached hydrogens (tertiary/aromatic N) is 2. The summed E-state index contributed by atoms with van der Waals surface area (Å²) >= 11 is 0. The first-order valence-electron chi connectivity index (χ1n) is 7.11. The Morgan fingerprint density at radius 3 is 2.68 bits per heavy atom. The van der Waals surface area contributed by atoms with Crippen LogP contribution in [0, 0.1) is 12.7 Å². The van der Waals surface area contributed by atoms with Gasteiger partial charge >= 0.3 is 0 Å². The Bertz CT molecular complexity index is 808. The van der Waals surface area contributed by atoms with Gasteiger partial charge in [0.25, 0.3) is 5.91 Å². The van der Waals surface area contributed by atoms with Gasteiger partial charge in [0, 0.05) is 18.7 Å². The van der Waals surface area contributed by atoms with Crippen LogP contribution in [-0.2, 0) is 6.54 Å². The molecule has 0 saturated heterocycles. The van der Waals surface area contributed by atoms with Crippen molar-refractivity contribution < 1.29 is 9.18 Å². The lowest BCUT2D eigenvalue weighted by molar-refractivity contribution is 0.0952. The zero-order valence-corrected chi connectivity index (χ0v) is 12.2. The quantitative estimate of drug-likeness (QED) is 0.805. The van der Waals surface area contributed by atoms with Crippen LogP contribution < -0.4 is 5.32 Å². The number of benzene rings is 2. The number of nitrogens with one attached hydrogen (secondary N) is 1. The fraction of sp³-hybridized carbons (Fsp3) is 0.176. The predicted octanol–water partition coefficient (Wildman–Crippen LogP) is 2.91. The second kappa shape index (κ2) is 5.97. The van der Waals surface area contributed by atoms with Crippen molar-refractivity contribution >= 4 is 16.9 Å². The van der Waals surface area contributed by atoms with E-state index in [1.54, 1.807) is 0 Å². The van der Waals surface area contributed by atoms with Crippen molar-refractivity contribution in [3.63, 3.8) is 0 Å². The van der Waals surface area contributed by atoms with Crippen molar-refractivity contribution in [1.82, 2.24) is 14.9 Å². The van der Waals surface area contributed by atoms with Crippen molar-refractivity contribution in [3.05, 3.63) is 65.7 Å². The molecule has 0 aliphatic rings. The third kappa shape index (κ3) is 2.83. The molecule has 112 valence electrons. The van der Waals surface area contributed by atoms with Gasteiger partial charge in [-0.3, -0.25) is 4.79 Å². The lowest BCUT2D eigenvalue weighted by Gasteiger charge is -2.08. The van der Waals surface area contributed by atoms with Crippen LogP contribution in [0.5, 0.6) is 0 Å². The number of para-hydroxylation sites is 2. The number of hydrogen-bond donors (Lipinski definition) is 1. The number of amides is 1. The maximum atomic E-state index is 12.8. The zero-order chi connectivity index (χ0) is 15.5. The number of carbonyl (C=O) groups excluding carboxylic acids is 1.